The molecule has 0 bridgehead atoms. The SMILES string of the molecule is Cc1cc(NC(=O)Nc2nnc(N3CCCC[C@H]3C)s2)ccc1Cl. The van der Waals surface area contributed by atoms with Crippen molar-refractivity contribution in [2.24, 2.45) is 0 Å². The Bertz CT molecular complexity index is 735. The van der Waals surface area contributed by atoms with Gasteiger partial charge < -0.3 is 10.2 Å². The number of hydrogen-bond acceptors (Lipinski definition) is 5. The molecule has 8 heteroatoms. The van der Waals surface area contributed by atoms with E-state index in [4.69, 9.17) is 11.6 Å². The van der Waals surface area contributed by atoms with Crippen LogP contribution in [0, 0.1) is 6.92 Å². The summed E-state index contributed by atoms with van der Waals surface area (Å²) >= 11 is 7.38. The number of aryl methyl sites for hydroxylation is 1. The van der Waals surface area contributed by atoms with E-state index in [1.807, 2.05) is 13.0 Å². The maximum atomic E-state index is 12.1. The maximum Gasteiger partial charge on any atom is 0.325 e. The van der Waals surface area contributed by atoms with Gasteiger partial charge in [0, 0.05) is 23.3 Å². The van der Waals surface area contributed by atoms with Crippen LogP contribution >= 0.6 is 22.9 Å². The Morgan fingerprint density at radius 1 is 1.33 bits per heavy atom. The summed E-state index contributed by atoms with van der Waals surface area (Å²) in [6, 6.07) is 5.46. The molecule has 1 saturated heterocycles. The zero-order valence-electron chi connectivity index (χ0n) is 13.7. The molecular weight excluding hydrogens is 346 g/mol. The highest BCUT2D eigenvalue weighted by Crippen LogP contribution is 2.29. The Hall–Kier alpha value is -1.86. The average Bonchev–Trinajstić information content (AvgIpc) is 2.99. The number of amides is 2. The molecule has 1 aliphatic rings. The summed E-state index contributed by atoms with van der Waals surface area (Å²) in [5.41, 5.74) is 1.59. The number of carbonyl (C=O) groups is 1. The van der Waals surface area contributed by atoms with Crippen molar-refractivity contribution in [2.75, 3.05) is 22.1 Å². The molecule has 128 valence electrons. The molecular formula is C16H20ClN5OS. The van der Waals surface area contributed by atoms with Gasteiger partial charge in [0.15, 0.2) is 0 Å². The Morgan fingerprint density at radius 2 is 2.17 bits per heavy atom. The van der Waals surface area contributed by atoms with Gasteiger partial charge in [-0.3, -0.25) is 5.32 Å². The lowest BCUT2D eigenvalue weighted by Crippen LogP contribution is -2.37. The van der Waals surface area contributed by atoms with Crippen molar-refractivity contribution in [1.82, 2.24) is 10.2 Å². The summed E-state index contributed by atoms with van der Waals surface area (Å²) in [4.78, 5) is 14.4. The molecule has 3 rings (SSSR count). The third-order valence-electron chi connectivity index (χ3n) is 4.10. The van der Waals surface area contributed by atoms with Gasteiger partial charge in [-0.1, -0.05) is 22.9 Å². The minimum Gasteiger partial charge on any atom is -0.344 e. The number of nitrogens with zero attached hydrogens (tertiary/aromatic N) is 3. The minimum absolute atomic E-state index is 0.342. The quantitative estimate of drug-likeness (QED) is 0.838. The molecule has 1 fully saturated rings. The zero-order valence-corrected chi connectivity index (χ0v) is 15.2. The number of anilines is 3. The minimum atomic E-state index is -0.342. The second-order valence-electron chi connectivity index (χ2n) is 5.97. The first-order valence-electron chi connectivity index (χ1n) is 7.97. The smallest absolute Gasteiger partial charge is 0.325 e. The number of urea groups is 1. The van der Waals surface area contributed by atoms with Crippen molar-refractivity contribution in [3.8, 4) is 0 Å². The third-order valence-corrected chi connectivity index (χ3v) is 5.40. The molecule has 24 heavy (non-hydrogen) atoms. The molecule has 2 heterocycles. The molecule has 0 spiro atoms. The van der Waals surface area contributed by atoms with Crippen LogP contribution < -0.4 is 15.5 Å². The number of carbonyl (C=O) groups excluding carboxylic acids is 1. The van der Waals surface area contributed by atoms with E-state index < -0.39 is 0 Å². The van der Waals surface area contributed by atoms with Crippen molar-refractivity contribution in [1.29, 1.82) is 0 Å². The first kappa shape index (κ1) is 17.0. The van der Waals surface area contributed by atoms with E-state index in [0.29, 0.717) is 21.9 Å². The van der Waals surface area contributed by atoms with E-state index >= 15 is 0 Å². The molecule has 1 aliphatic heterocycles. The molecule has 2 N–H and O–H groups in total. The molecule has 0 aliphatic carbocycles. The van der Waals surface area contributed by atoms with Crippen LogP contribution in [0.4, 0.5) is 20.7 Å². The van der Waals surface area contributed by atoms with Gasteiger partial charge in [0.25, 0.3) is 0 Å². The summed E-state index contributed by atoms with van der Waals surface area (Å²) in [6.45, 7) is 5.08. The molecule has 2 aromatic rings. The van der Waals surface area contributed by atoms with Crippen LogP contribution in [0.5, 0.6) is 0 Å². The van der Waals surface area contributed by atoms with Gasteiger partial charge in [0.05, 0.1) is 0 Å². The fourth-order valence-corrected chi connectivity index (χ4v) is 3.73. The second-order valence-corrected chi connectivity index (χ2v) is 7.33. The van der Waals surface area contributed by atoms with E-state index in [0.717, 1.165) is 17.2 Å². The van der Waals surface area contributed by atoms with Crippen LogP contribution in [0.2, 0.25) is 5.02 Å². The Labute approximate surface area is 150 Å². The first-order chi connectivity index (χ1) is 11.5. The summed E-state index contributed by atoms with van der Waals surface area (Å²) in [6.07, 6.45) is 3.59. The van der Waals surface area contributed by atoms with Crippen LogP contribution in [0.25, 0.3) is 0 Å². The number of aromatic nitrogens is 2. The molecule has 6 nitrogen and oxygen atoms in total. The van der Waals surface area contributed by atoms with Gasteiger partial charge >= 0.3 is 6.03 Å². The monoisotopic (exact) mass is 365 g/mol. The molecule has 0 unspecified atom stereocenters. The number of halogens is 1. The lowest BCUT2D eigenvalue weighted by molar-refractivity contribution is 0.262. The molecule has 2 amide bonds. The van der Waals surface area contributed by atoms with Crippen molar-refractivity contribution in [3.63, 3.8) is 0 Å². The lowest BCUT2D eigenvalue weighted by atomic mass is 10.1. The number of piperidine rings is 1. The Kier molecular flexibility index (Phi) is 5.20. The largest absolute Gasteiger partial charge is 0.344 e. The van der Waals surface area contributed by atoms with Crippen molar-refractivity contribution in [3.05, 3.63) is 28.8 Å². The summed E-state index contributed by atoms with van der Waals surface area (Å²) in [5, 5.41) is 15.8. The average molecular weight is 366 g/mol. The van der Waals surface area contributed by atoms with Crippen LogP contribution in [0.3, 0.4) is 0 Å². The predicted molar refractivity (Wildman–Crippen MR) is 99.4 cm³/mol. The van der Waals surface area contributed by atoms with Gasteiger partial charge in [0.1, 0.15) is 0 Å². The van der Waals surface area contributed by atoms with E-state index in [2.05, 4.69) is 32.7 Å². The number of hydrogen-bond donors (Lipinski definition) is 2. The van der Waals surface area contributed by atoms with Gasteiger partial charge in [-0.2, -0.15) is 0 Å². The maximum absolute atomic E-state index is 12.1. The van der Waals surface area contributed by atoms with Crippen LogP contribution in [-0.2, 0) is 0 Å². The molecule has 1 aromatic heterocycles. The Balaban J connectivity index is 1.61. The van der Waals surface area contributed by atoms with E-state index in [1.54, 1.807) is 12.1 Å². The van der Waals surface area contributed by atoms with Gasteiger partial charge in [-0.15, -0.1) is 10.2 Å². The predicted octanol–water partition coefficient (Wildman–Crippen LogP) is 4.52. The number of nitrogens with one attached hydrogen (secondary N) is 2. The van der Waals surface area contributed by atoms with E-state index in [-0.39, 0.29) is 6.03 Å². The van der Waals surface area contributed by atoms with Crippen LogP contribution in [0.1, 0.15) is 31.7 Å². The highest BCUT2D eigenvalue weighted by molar-refractivity contribution is 7.19. The lowest BCUT2D eigenvalue weighted by Gasteiger charge is -2.32. The molecule has 0 radical (unpaired) electrons. The highest BCUT2D eigenvalue weighted by atomic mass is 35.5. The molecule has 1 aromatic carbocycles. The number of rotatable bonds is 3. The summed E-state index contributed by atoms with van der Waals surface area (Å²) in [7, 11) is 0. The molecule has 0 saturated carbocycles. The van der Waals surface area contributed by atoms with Gasteiger partial charge in [0.2, 0.25) is 10.3 Å². The summed E-state index contributed by atoms with van der Waals surface area (Å²) in [5.74, 6) is 0. The van der Waals surface area contributed by atoms with E-state index in [9.17, 15) is 4.79 Å². The van der Waals surface area contributed by atoms with Gasteiger partial charge in [-0.25, -0.2) is 4.79 Å². The zero-order chi connectivity index (χ0) is 17.1. The fourth-order valence-electron chi connectivity index (χ4n) is 2.75. The second kappa shape index (κ2) is 7.36. The van der Waals surface area contributed by atoms with Crippen molar-refractivity contribution >= 4 is 44.9 Å². The van der Waals surface area contributed by atoms with Gasteiger partial charge in [-0.05, 0) is 56.9 Å². The first-order valence-corrected chi connectivity index (χ1v) is 9.16. The Morgan fingerprint density at radius 3 is 2.92 bits per heavy atom. The topological polar surface area (TPSA) is 70.1 Å². The standard InChI is InChI=1S/C16H20ClN5OS/c1-10-9-12(6-7-13(10)17)18-14(23)19-15-20-21-16(24-15)22-8-4-3-5-11(22)2/h6-7,9,11H,3-5,8H2,1-2H3,(H2,18,19,20,23)/t11-/m1/s1. The molecule has 1 atom stereocenters. The third kappa shape index (κ3) is 3.96. The number of benzene rings is 1. The fraction of sp³-hybridized carbons (Fsp3) is 0.438. The van der Waals surface area contributed by atoms with Crippen molar-refractivity contribution in [2.45, 2.75) is 39.2 Å². The normalized spacial score (nSPS) is 17.6. The van der Waals surface area contributed by atoms with E-state index in [1.165, 1.54) is 30.6 Å². The van der Waals surface area contributed by atoms with Crippen LogP contribution in [0.15, 0.2) is 18.2 Å². The van der Waals surface area contributed by atoms with Crippen LogP contribution in [-0.4, -0.2) is 28.8 Å². The summed E-state index contributed by atoms with van der Waals surface area (Å²) < 4.78 is 0. The van der Waals surface area contributed by atoms with Crippen molar-refractivity contribution < 1.29 is 4.79 Å². The highest BCUT2D eigenvalue weighted by Gasteiger charge is 2.22.